The van der Waals surface area contributed by atoms with Crippen LogP contribution in [0.3, 0.4) is 0 Å². The minimum atomic E-state index is 0.156. The van der Waals surface area contributed by atoms with E-state index in [9.17, 15) is 0 Å². The molecule has 0 spiro atoms. The van der Waals surface area contributed by atoms with Crippen LogP contribution in [-0.2, 0) is 6.42 Å². The van der Waals surface area contributed by atoms with Crippen LogP contribution < -0.4 is 5.32 Å². The van der Waals surface area contributed by atoms with Crippen molar-refractivity contribution in [3.63, 3.8) is 0 Å². The molecule has 1 atom stereocenters. The number of nitrogens with one attached hydrogen (secondary N) is 1. The number of thiazole rings is 2. The number of rotatable bonds is 5. The molecule has 0 aliphatic rings. The first-order valence-electron chi connectivity index (χ1n) is 5.85. The van der Waals surface area contributed by atoms with Crippen molar-refractivity contribution in [3.05, 3.63) is 32.2 Å². The van der Waals surface area contributed by atoms with Gasteiger partial charge in [-0.2, -0.15) is 0 Å². The van der Waals surface area contributed by atoms with E-state index in [4.69, 9.17) is 4.98 Å². The molecule has 0 saturated carbocycles. The van der Waals surface area contributed by atoms with Crippen molar-refractivity contribution in [2.45, 2.75) is 33.2 Å². The van der Waals surface area contributed by atoms with Crippen LogP contribution in [-0.4, -0.2) is 16.5 Å². The van der Waals surface area contributed by atoms with Crippen molar-refractivity contribution in [1.82, 2.24) is 15.3 Å². The fraction of sp³-hybridized carbons (Fsp3) is 0.500. The summed E-state index contributed by atoms with van der Waals surface area (Å²) >= 11 is 3.46. The maximum absolute atomic E-state index is 4.73. The summed E-state index contributed by atoms with van der Waals surface area (Å²) in [5, 5.41) is 7.71. The minimum absolute atomic E-state index is 0.156. The molecule has 0 bridgehead atoms. The summed E-state index contributed by atoms with van der Waals surface area (Å²) in [4.78, 5) is 10.4. The number of aryl methyl sites for hydroxylation is 2. The van der Waals surface area contributed by atoms with Gasteiger partial charge in [0.25, 0.3) is 0 Å². The van der Waals surface area contributed by atoms with Crippen LogP contribution in [0.5, 0.6) is 0 Å². The quantitative estimate of drug-likeness (QED) is 0.904. The smallest absolute Gasteiger partial charge is 0.117 e. The van der Waals surface area contributed by atoms with Crippen LogP contribution >= 0.6 is 22.7 Å². The van der Waals surface area contributed by atoms with Crippen LogP contribution in [0.15, 0.2) is 11.6 Å². The molecular weight excluding hydrogens is 250 g/mol. The Bertz CT molecular complexity index is 462. The molecule has 2 aromatic rings. The lowest BCUT2D eigenvalue weighted by Crippen LogP contribution is -2.21. The van der Waals surface area contributed by atoms with Gasteiger partial charge >= 0.3 is 0 Å². The Morgan fingerprint density at radius 3 is 2.71 bits per heavy atom. The third-order valence-corrected chi connectivity index (χ3v) is 4.52. The summed E-state index contributed by atoms with van der Waals surface area (Å²) in [5.74, 6) is 0. The minimum Gasteiger partial charge on any atom is -0.303 e. The molecule has 2 heterocycles. The van der Waals surface area contributed by atoms with Gasteiger partial charge in [-0.25, -0.2) is 9.97 Å². The maximum Gasteiger partial charge on any atom is 0.117 e. The molecule has 0 saturated heterocycles. The molecule has 0 radical (unpaired) electrons. The molecule has 0 aliphatic carbocycles. The van der Waals surface area contributed by atoms with Gasteiger partial charge in [0.2, 0.25) is 0 Å². The molecule has 17 heavy (non-hydrogen) atoms. The summed E-state index contributed by atoms with van der Waals surface area (Å²) in [5.41, 5.74) is 1.21. The summed E-state index contributed by atoms with van der Waals surface area (Å²) < 4.78 is 0. The molecular formula is C12H17N3S2. The third-order valence-electron chi connectivity index (χ3n) is 2.60. The highest BCUT2D eigenvalue weighted by Gasteiger charge is 2.20. The monoisotopic (exact) mass is 267 g/mol. The Balaban J connectivity index is 2.32. The lowest BCUT2D eigenvalue weighted by molar-refractivity contribution is 0.622. The zero-order valence-corrected chi connectivity index (χ0v) is 12.0. The average Bonchev–Trinajstić information content (AvgIpc) is 2.95. The number of nitrogens with zero attached hydrogens (tertiary/aromatic N) is 2. The highest BCUT2D eigenvalue weighted by molar-refractivity contribution is 7.12. The fourth-order valence-electron chi connectivity index (χ4n) is 1.76. The fourth-order valence-corrected chi connectivity index (χ4v) is 3.64. The molecule has 2 aromatic heterocycles. The zero-order valence-electron chi connectivity index (χ0n) is 10.4. The molecule has 3 nitrogen and oxygen atoms in total. The zero-order chi connectivity index (χ0) is 12.3. The van der Waals surface area contributed by atoms with Crippen molar-refractivity contribution >= 4 is 22.7 Å². The van der Waals surface area contributed by atoms with Gasteiger partial charge < -0.3 is 5.32 Å². The summed E-state index contributed by atoms with van der Waals surface area (Å²) in [6, 6.07) is 0.156. The molecule has 1 unspecified atom stereocenters. The van der Waals surface area contributed by atoms with Crippen molar-refractivity contribution in [3.8, 4) is 0 Å². The van der Waals surface area contributed by atoms with E-state index < -0.39 is 0 Å². The second kappa shape index (κ2) is 5.71. The number of aromatic nitrogens is 2. The molecule has 1 N–H and O–H groups in total. The van der Waals surface area contributed by atoms with Crippen LogP contribution in [0, 0.1) is 6.92 Å². The molecule has 5 heteroatoms. The van der Waals surface area contributed by atoms with E-state index in [1.165, 1.54) is 10.6 Å². The van der Waals surface area contributed by atoms with Crippen molar-refractivity contribution in [1.29, 1.82) is 0 Å². The van der Waals surface area contributed by atoms with Crippen molar-refractivity contribution in [2.24, 2.45) is 0 Å². The molecule has 0 fully saturated rings. The van der Waals surface area contributed by atoms with E-state index in [1.54, 1.807) is 22.7 Å². The van der Waals surface area contributed by atoms with E-state index in [2.05, 4.69) is 31.1 Å². The molecule has 0 aromatic carbocycles. The number of hydrogen-bond donors (Lipinski definition) is 1. The largest absolute Gasteiger partial charge is 0.303 e. The van der Waals surface area contributed by atoms with Gasteiger partial charge in [0, 0.05) is 16.5 Å². The van der Waals surface area contributed by atoms with Gasteiger partial charge in [0.15, 0.2) is 0 Å². The Morgan fingerprint density at radius 1 is 1.35 bits per heavy atom. The summed E-state index contributed by atoms with van der Waals surface area (Å²) in [7, 11) is 0. The van der Waals surface area contributed by atoms with E-state index in [1.807, 2.05) is 11.6 Å². The van der Waals surface area contributed by atoms with E-state index in [-0.39, 0.29) is 6.04 Å². The summed E-state index contributed by atoms with van der Waals surface area (Å²) in [6.45, 7) is 7.33. The highest BCUT2D eigenvalue weighted by Crippen LogP contribution is 2.29. The molecule has 2 rings (SSSR count). The third kappa shape index (κ3) is 2.73. The van der Waals surface area contributed by atoms with Gasteiger partial charge in [0.05, 0.1) is 5.69 Å². The van der Waals surface area contributed by atoms with Gasteiger partial charge in [0.1, 0.15) is 16.1 Å². The Labute approximate surface area is 110 Å². The van der Waals surface area contributed by atoms with Gasteiger partial charge in [-0.1, -0.05) is 13.8 Å². The second-order valence-corrected chi connectivity index (χ2v) is 5.93. The Morgan fingerprint density at radius 2 is 2.18 bits per heavy atom. The Kier molecular flexibility index (Phi) is 4.25. The molecule has 92 valence electrons. The van der Waals surface area contributed by atoms with Crippen LogP contribution in [0.25, 0.3) is 0 Å². The highest BCUT2D eigenvalue weighted by atomic mass is 32.1. The van der Waals surface area contributed by atoms with Gasteiger partial charge in [-0.3, -0.25) is 0 Å². The average molecular weight is 267 g/mol. The van der Waals surface area contributed by atoms with Crippen LogP contribution in [0.2, 0.25) is 0 Å². The number of hydrogen-bond acceptors (Lipinski definition) is 5. The lowest BCUT2D eigenvalue weighted by Gasteiger charge is -2.11. The topological polar surface area (TPSA) is 37.8 Å². The van der Waals surface area contributed by atoms with E-state index in [0.29, 0.717) is 0 Å². The van der Waals surface area contributed by atoms with Gasteiger partial charge in [-0.05, 0) is 19.9 Å². The maximum atomic E-state index is 4.73. The van der Waals surface area contributed by atoms with Gasteiger partial charge in [-0.15, -0.1) is 22.7 Å². The Hall–Kier alpha value is -0.780. The predicted molar refractivity (Wildman–Crippen MR) is 73.9 cm³/mol. The van der Waals surface area contributed by atoms with E-state index in [0.717, 1.165) is 23.0 Å². The van der Waals surface area contributed by atoms with E-state index >= 15 is 0 Å². The first-order valence-corrected chi connectivity index (χ1v) is 7.54. The standard InChI is InChI=1S/C12H17N3S2/c1-4-9-8(3)17-12(15-9)10(13-5-2)11-14-6-7-16-11/h6-7,10,13H,4-5H2,1-3H3. The molecule has 0 amide bonds. The van der Waals surface area contributed by atoms with Crippen LogP contribution in [0.4, 0.5) is 0 Å². The SMILES string of the molecule is CCNC(c1nccs1)c1nc(CC)c(C)s1. The van der Waals surface area contributed by atoms with Crippen molar-refractivity contribution in [2.75, 3.05) is 6.54 Å². The molecule has 0 aliphatic heterocycles. The lowest BCUT2D eigenvalue weighted by atomic mass is 10.3. The van der Waals surface area contributed by atoms with Crippen LogP contribution in [0.1, 0.15) is 40.5 Å². The van der Waals surface area contributed by atoms with Crippen molar-refractivity contribution < 1.29 is 0 Å². The summed E-state index contributed by atoms with van der Waals surface area (Å²) in [6.07, 6.45) is 2.85. The second-order valence-electron chi connectivity index (χ2n) is 3.77. The predicted octanol–water partition coefficient (Wildman–Crippen LogP) is 3.17. The normalized spacial score (nSPS) is 12.9. The first-order chi connectivity index (χ1) is 8.26. The first kappa shape index (κ1) is 12.7.